The van der Waals surface area contributed by atoms with Gasteiger partial charge >= 0.3 is 0 Å². The molecule has 0 aromatic carbocycles. The number of nitrogens with zero attached hydrogens (tertiary/aromatic N) is 3. The highest BCUT2D eigenvalue weighted by Gasteiger charge is 1.95. The Bertz CT molecular complexity index is 464. The Morgan fingerprint density at radius 3 is 3.00 bits per heavy atom. The standard InChI is InChI=1S/C13H18N4O/c1-4-12(8-15-10-18-14)6-5-7-13-9-17(3)11(2)16-13/h4-7,9-10H,1,8,14H2,2-3H3/b7-5+,12-6+,15-10?. The van der Waals surface area contributed by atoms with Crippen molar-refractivity contribution >= 4 is 12.5 Å². The largest absolute Gasteiger partial charge is 0.400 e. The van der Waals surface area contributed by atoms with Crippen molar-refractivity contribution in [3.63, 3.8) is 0 Å². The second-order valence-corrected chi connectivity index (χ2v) is 3.71. The van der Waals surface area contributed by atoms with Crippen LogP contribution in [-0.4, -0.2) is 22.5 Å². The first kappa shape index (κ1) is 13.9. The van der Waals surface area contributed by atoms with Gasteiger partial charge in [-0.1, -0.05) is 24.8 Å². The monoisotopic (exact) mass is 246 g/mol. The van der Waals surface area contributed by atoms with Crippen LogP contribution in [0.3, 0.4) is 0 Å². The second kappa shape index (κ2) is 7.24. The van der Waals surface area contributed by atoms with Gasteiger partial charge in [-0.15, -0.1) is 0 Å². The molecule has 2 N–H and O–H groups in total. The number of aromatic nitrogens is 2. The summed E-state index contributed by atoms with van der Waals surface area (Å²) >= 11 is 0. The van der Waals surface area contributed by atoms with Gasteiger partial charge in [0.2, 0.25) is 0 Å². The summed E-state index contributed by atoms with van der Waals surface area (Å²) < 4.78 is 1.97. The molecular weight excluding hydrogens is 228 g/mol. The summed E-state index contributed by atoms with van der Waals surface area (Å²) in [6, 6.07) is 0. The molecule has 0 fully saturated rings. The van der Waals surface area contributed by atoms with Crippen LogP contribution in [0.1, 0.15) is 11.5 Å². The Kier molecular flexibility index (Phi) is 5.60. The fourth-order valence-corrected chi connectivity index (χ4v) is 1.31. The molecule has 5 heteroatoms. The third-order valence-corrected chi connectivity index (χ3v) is 2.38. The Balaban J connectivity index is 2.64. The van der Waals surface area contributed by atoms with Crippen molar-refractivity contribution in [3.05, 3.63) is 48.1 Å². The van der Waals surface area contributed by atoms with E-state index in [9.17, 15) is 0 Å². The quantitative estimate of drug-likeness (QED) is 0.360. The van der Waals surface area contributed by atoms with E-state index in [0.717, 1.165) is 17.1 Å². The first-order valence-electron chi connectivity index (χ1n) is 5.51. The fourth-order valence-electron chi connectivity index (χ4n) is 1.31. The summed E-state index contributed by atoms with van der Waals surface area (Å²) in [5.41, 5.74) is 1.88. The molecule has 0 spiro atoms. The van der Waals surface area contributed by atoms with Crippen molar-refractivity contribution in [1.82, 2.24) is 9.55 Å². The minimum atomic E-state index is 0.478. The molecule has 5 nitrogen and oxygen atoms in total. The number of hydrogen-bond acceptors (Lipinski definition) is 4. The molecule has 18 heavy (non-hydrogen) atoms. The van der Waals surface area contributed by atoms with Crippen LogP contribution in [0.4, 0.5) is 0 Å². The average Bonchev–Trinajstić information content (AvgIpc) is 2.67. The Morgan fingerprint density at radius 1 is 1.67 bits per heavy atom. The van der Waals surface area contributed by atoms with Gasteiger partial charge in [-0.3, -0.25) is 4.99 Å². The van der Waals surface area contributed by atoms with Gasteiger partial charge in [0.25, 0.3) is 0 Å². The zero-order valence-electron chi connectivity index (χ0n) is 10.7. The van der Waals surface area contributed by atoms with E-state index in [4.69, 9.17) is 5.90 Å². The molecule has 0 aliphatic rings. The number of nitrogens with two attached hydrogens (primary N) is 1. The molecule has 96 valence electrons. The molecule has 0 bridgehead atoms. The molecule has 1 heterocycles. The van der Waals surface area contributed by atoms with Crippen molar-refractivity contribution in [2.45, 2.75) is 6.92 Å². The van der Waals surface area contributed by atoms with E-state index < -0.39 is 0 Å². The SMILES string of the molecule is C=C/C(=C\C=C\c1cn(C)c(C)n1)CN=CON. The normalized spacial score (nSPS) is 12.5. The lowest BCUT2D eigenvalue weighted by Crippen LogP contribution is -1.96. The van der Waals surface area contributed by atoms with Gasteiger partial charge in [0.15, 0.2) is 6.40 Å². The summed E-state index contributed by atoms with van der Waals surface area (Å²) in [5, 5.41) is 0. The molecule has 1 aromatic heterocycles. The minimum absolute atomic E-state index is 0.478. The van der Waals surface area contributed by atoms with Crippen LogP contribution < -0.4 is 5.90 Å². The highest BCUT2D eigenvalue weighted by molar-refractivity contribution is 5.49. The summed E-state index contributed by atoms with van der Waals surface area (Å²) in [6.07, 6.45) is 10.7. The van der Waals surface area contributed by atoms with Crippen LogP contribution >= 0.6 is 0 Å². The molecule has 0 aliphatic heterocycles. The second-order valence-electron chi connectivity index (χ2n) is 3.71. The lowest BCUT2D eigenvalue weighted by Gasteiger charge is -1.93. The molecule has 1 rings (SSSR count). The lowest BCUT2D eigenvalue weighted by atomic mass is 10.2. The third-order valence-electron chi connectivity index (χ3n) is 2.38. The smallest absolute Gasteiger partial charge is 0.196 e. The van der Waals surface area contributed by atoms with Gasteiger partial charge in [-0.25, -0.2) is 4.98 Å². The van der Waals surface area contributed by atoms with Crippen molar-refractivity contribution in [1.29, 1.82) is 0 Å². The van der Waals surface area contributed by atoms with E-state index in [1.54, 1.807) is 6.08 Å². The zero-order chi connectivity index (χ0) is 13.4. The fraction of sp³-hybridized carbons (Fsp3) is 0.231. The maximum Gasteiger partial charge on any atom is 0.196 e. The van der Waals surface area contributed by atoms with E-state index in [1.807, 2.05) is 43.0 Å². The molecule has 0 saturated carbocycles. The zero-order valence-corrected chi connectivity index (χ0v) is 10.7. The van der Waals surface area contributed by atoms with Gasteiger partial charge in [0.05, 0.1) is 12.2 Å². The minimum Gasteiger partial charge on any atom is -0.400 e. The maximum absolute atomic E-state index is 4.83. The van der Waals surface area contributed by atoms with Crippen molar-refractivity contribution in [2.75, 3.05) is 6.54 Å². The first-order chi connectivity index (χ1) is 8.67. The van der Waals surface area contributed by atoms with E-state index in [2.05, 4.69) is 21.4 Å². The van der Waals surface area contributed by atoms with E-state index in [1.165, 1.54) is 6.40 Å². The molecule has 0 amide bonds. The molecule has 0 unspecified atom stereocenters. The van der Waals surface area contributed by atoms with Gasteiger partial charge in [-0.05, 0) is 18.6 Å². The number of allylic oxidation sites excluding steroid dienone is 2. The van der Waals surface area contributed by atoms with Crippen LogP contribution in [0.25, 0.3) is 6.08 Å². The van der Waals surface area contributed by atoms with Gasteiger partial charge in [-0.2, -0.15) is 5.90 Å². The topological polar surface area (TPSA) is 65.4 Å². The number of rotatable bonds is 6. The maximum atomic E-state index is 4.83. The molecule has 0 aliphatic carbocycles. The number of hydrogen-bond donors (Lipinski definition) is 1. The number of aliphatic imine (C=N–C) groups is 1. The highest BCUT2D eigenvalue weighted by atomic mass is 16.6. The lowest BCUT2D eigenvalue weighted by molar-refractivity contribution is 0.337. The van der Waals surface area contributed by atoms with Crippen molar-refractivity contribution in [3.8, 4) is 0 Å². The number of aryl methyl sites for hydroxylation is 2. The third kappa shape index (κ3) is 4.39. The predicted octanol–water partition coefficient (Wildman–Crippen LogP) is 1.77. The van der Waals surface area contributed by atoms with Crippen LogP contribution in [0.5, 0.6) is 0 Å². The van der Waals surface area contributed by atoms with Gasteiger partial charge in [0, 0.05) is 13.2 Å². The van der Waals surface area contributed by atoms with Crippen LogP contribution in [0, 0.1) is 6.92 Å². The van der Waals surface area contributed by atoms with Crippen molar-refractivity contribution < 1.29 is 4.84 Å². The Labute approximate surface area is 107 Å². The summed E-state index contributed by atoms with van der Waals surface area (Å²) in [6.45, 7) is 6.16. The van der Waals surface area contributed by atoms with Crippen LogP contribution in [0.2, 0.25) is 0 Å². The van der Waals surface area contributed by atoms with E-state index in [0.29, 0.717) is 6.54 Å². The Hall–Kier alpha value is -2.14. The molecule has 1 aromatic rings. The van der Waals surface area contributed by atoms with Crippen LogP contribution in [0.15, 0.2) is 41.6 Å². The van der Waals surface area contributed by atoms with Gasteiger partial charge in [0.1, 0.15) is 5.82 Å². The first-order valence-corrected chi connectivity index (χ1v) is 5.51. The molecule has 0 radical (unpaired) electrons. The van der Waals surface area contributed by atoms with Crippen LogP contribution in [-0.2, 0) is 11.9 Å². The highest BCUT2D eigenvalue weighted by Crippen LogP contribution is 2.04. The number of imidazole rings is 1. The average molecular weight is 246 g/mol. The van der Waals surface area contributed by atoms with E-state index >= 15 is 0 Å². The summed E-state index contributed by atoms with van der Waals surface area (Å²) in [7, 11) is 1.96. The van der Waals surface area contributed by atoms with E-state index in [-0.39, 0.29) is 0 Å². The Morgan fingerprint density at radius 2 is 2.44 bits per heavy atom. The summed E-state index contributed by atoms with van der Waals surface area (Å²) in [4.78, 5) is 12.5. The molecular formula is C13H18N4O. The summed E-state index contributed by atoms with van der Waals surface area (Å²) in [5.74, 6) is 5.81. The van der Waals surface area contributed by atoms with Gasteiger partial charge < -0.3 is 9.40 Å². The predicted molar refractivity (Wildman–Crippen MR) is 73.9 cm³/mol. The molecule has 0 atom stereocenters. The van der Waals surface area contributed by atoms with Crippen molar-refractivity contribution in [2.24, 2.45) is 17.9 Å². The molecule has 0 saturated heterocycles.